The van der Waals surface area contributed by atoms with Gasteiger partial charge in [0.25, 0.3) is 0 Å². The Morgan fingerprint density at radius 1 is 1.15 bits per heavy atom. The molecule has 0 aromatic heterocycles. The Hall–Kier alpha value is -1.35. The topological polar surface area (TPSA) is 46.3 Å². The zero-order chi connectivity index (χ0) is 14.2. The van der Waals surface area contributed by atoms with Crippen LogP contribution in [0.15, 0.2) is 30.3 Å². The van der Waals surface area contributed by atoms with Crippen molar-refractivity contribution in [1.29, 1.82) is 0 Å². The second kappa shape index (κ2) is 8.05. The molecular formula is C17H26N2O. The molecule has 0 spiro atoms. The number of nitrogens with two attached hydrogens (primary N) is 1. The van der Waals surface area contributed by atoms with Crippen molar-refractivity contribution in [1.82, 2.24) is 4.90 Å². The van der Waals surface area contributed by atoms with Crippen LogP contribution in [0.2, 0.25) is 0 Å². The molecule has 110 valence electrons. The molecule has 1 saturated carbocycles. The summed E-state index contributed by atoms with van der Waals surface area (Å²) in [7, 11) is 0. The summed E-state index contributed by atoms with van der Waals surface area (Å²) in [5.41, 5.74) is 6.84. The quantitative estimate of drug-likeness (QED) is 0.867. The van der Waals surface area contributed by atoms with E-state index in [4.69, 9.17) is 5.73 Å². The van der Waals surface area contributed by atoms with Crippen LogP contribution >= 0.6 is 0 Å². The molecule has 20 heavy (non-hydrogen) atoms. The largest absolute Gasteiger partial charge is 0.337 e. The van der Waals surface area contributed by atoms with Gasteiger partial charge in [-0.1, -0.05) is 49.6 Å². The number of hydrogen-bond donors (Lipinski definition) is 1. The fraction of sp³-hybridized carbons (Fsp3) is 0.588. The molecule has 2 rings (SSSR count). The number of amides is 1. The van der Waals surface area contributed by atoms with Crippen molar-refractivity contribution >= 4 is 5.91 Å². The highest BCUT2D eigenvalue weighted by Crippen LogP contribution is 2.27. The third-order valence-corrected chi connectivity index (χ3v) is 4.16. The molecular weight excluding hydrogens is 248 g/mol. The smallest absolute Gasteiger partial charge is 0.223 e. The van der Waals surface area contributed by atoms with Crippen molar-refractivity contribution in [2.75, 3.05) is 13.1 Å². The summed E-state index contributed by atoms with van der Waals surface area (Å²) >= 11 is 0. The maximum atomic E-state index is 12.5. The van der Waals surface area contributed by atoms with Crippen LogP contribution in [-0.2, 0) is 11.3 Å². The number of hydrogen-bond acceptors (Lipinski definition) is 2. The minimum Gasteiger partial charge on any atom is -0.337 e. The van der Waals surface area contributed by atoms with Crippen LogP contribution in [0.3, 0.4) is 0 Å². The van der Waals surface area contributed by atoms with Gasteiger partial charge in [0.1, 0.15) is 0 Å². The lowest BCUT2D eigenvalue weighted by atomic mass is 9.86. The first kappa shape index (κ1) is 15.0. The summed E-state index contributed by atoms with van der Waals surface area (Å²) in [6.07, 6.45) is 7.04. The Balaban J connectivity index is 1.91. The first-order valence-electron chi connectivity index (χ1n) is 7.81. The van der Waals surface area contributed by atoms with Gasteiger partial charge >= 0.3 is 0 Å². The Morgan fingerprint density at radius 2 is 1.85 bits per heavy atom. The van der Waals surface area contributed by atoms with Gasteiger partial charge in [0.05, 0.1) is 0 Å². The van der Waals surface area contributed by atoms with E-state index in [0.717, 1.165) is 0 Å². The van der Waals surface area contributed by atoms with Crippen LogP contribution in [0.4, 0.5) is 0 Å². The molecule has 0 saturated heterocycles. The van der Waals surface area contributed by atoms with E-state index in [2.05, 4.69) is 12.1 Å². The van der Waals surface area contributed by atoms with E-state index in [1.54, 1.807) is 0 Å². The zero-order valence-corrected chi connectivity index (χ0v) is 12.3. The van der Waals surface area contributed by atoms with Crippen LogP contribution in [-0.4, -0.2) is 23.9 Å². The summed E-state index contributed by atoms with van der Waals surface area (Å²) in [5, 5.41) is 0. The lowest BCUT2D eigenvalue weighted by Crippen LogP contribution is -2.36. The number of carbonyl (C=O) groups excluding carboxylic acids is 1. The van der Waals surface area contributed by atoms with Gasteiger partial charge in [0, 0.05) is 26.1 Å². The van der Waals surface area contributed by atoms with Crippen molar-refractivity contribution in [3.05, 3.63) is 35.9 Å². The highest BCUT2D eigenvalue weighted by atomic mass is 16.2. The maximum Gasteiger partial charge on any atom is 0.223 e. The molecule has 3 nitrogen and oxygen atoms in total. The fourth-order valence-corrected chi connectivity index (χ4v) is 3.02. The average molecular weight is 274 g/mol. The Kier molecular flexibility index (Phi) is 6.06. The van der Waals surface area contributed by atoms with E-state index in [1.807, 2.05) is 23.1 Å². The molecule has 0 unspecified atom stereocenters. The first-order chi connectivity index (χ1) is 9.79. The summed E-state index contributed by atoms with van der Waals surface area (Å²) < 4.78 is 0. The van der Waals surface area contributed by atoms with Crippen LogP contribution < -0.4 is 5.73 Å². The monoisotopic (exact) mass is 274 g/mol. The van der Waals surface area contributed by atoms with Gasteiger partial charge in [0.15, 0.2) is 0 Å². The number of carbonyl (C=O) groups is 1. The predicted octanol–water partition coefficient (Wildman–Crippen LogP) is 2.94. The van der Waals surface area contributed by atoms with Gasteiger partial charge in [0.2, 0.25) is 5.91 Å². The molecule has 0 aliphatic heterocycles. The van der Waals surface area contributed by atoms with Crippen LogP contribution in [0.5, 0.6) is 0 Å². The molecule has 0 heterocycles. The van der Waals surface area contributed by atoms with Gasteiger partial charge < -0.3 is 10.6 Å². The second-order valence-corrected chi connectivity index (χ2v) is 5.80. The molecule has 0 atom stereocenters. The fourth-order valence-electron chi connectivity index (χ4n) is 3.02. The summed E-state index contributed by atoms with van der Waals surface area (Å²) in [4.78, 5) is 14.4. The van der Waals surface area contributed by atoms with Crippen molar-refractivity contribution in [2.24, 2.45) is 11.7 Å². The van der Waals surface area contributed by atoms with Gasteiger partial charge in [-0.15, -0.1) is 0 Å². The minimum absolute atomic E-state index is 0.270. The van der Waals surface area contributed by atoms with E-state index in [1.165, 1.54) is 37.7 Å². The minimum atomic E-state index is 0.270. The van der Waals surface area contributed by atoms with E-state index < -0.39 is 0 Å². The lowest BCUT2D eigenvalue weighted by Gasteiger charge is -2.26. The van der Waals surface area contributed by atoms with Gasteiger partial charge in [-0.3, -0.25) is 4.79 Å². The third kappa shape index (κ3) is 4.64. The molecule has 1 aliphatic rings. The van der Waals surface area contributed by atoms with Crippen molar-refractivity contribution in [2.45, 2.75) is 45.1 Å². The molecule has 1 aromatic rings. The van der Waals surface area contributed by atoms with Crippen LogP contribution in [0.25, 0.3) is 0 Å². The van der Waals surface area contributed by atoms with E-state index in [0.29, 0.717) is 32.0 Å². The highest BCUT2D eigenvalue weighted by Gasteiger charge is 2.20. The molecule has 1 fully saturated rings. The first-order valence-corrected chi connectivity index (χ1v) is 7.81. The predicted molar refractivity (Wildman–Crippen MR) is 82.1 cm³/mol. The number of nitrogens with zero attached hydrogens (tertiary/aromatic N) is 1. The van der Waals surface area contributed by atoms with Gasteiger partial charge in [-0.2, -0.15) is 0 Å². The van der Waals surface area contributed by atoms with Crippen LogP contribution in [0, 0.1) is 5.92 Å². The molecule has 2 N–H and O–H groups in total. The third-order valence-electron chi connectivity index (χ3n) is 4.16. The average Bonchev–Trinajstić information content (AvgIpc) is 2.49. The van der Waals surface area contributed by atoms with Crippen molar-refractivity contribution in [3.63, 3.8) is 0 Å². The Bertz CT molecular complexity index is 399. The number of rotatable bonds is 6. The normalized spacial score (nSPS) is 16.1. The standard InChI is InChI=1S/C17H26N2O/c18-11-12-19(14-16-9-5-2-6-10-16)17(20)13-15-7-3-1-4-8-15/h2,5-6,9-10,15H,1,3-4,7-8,11-14,18H2. The van der Waals surface area contributed by atoms with Gasteiger partial charge in [-0.05, 0) is 24.3 Å². The van der Waals surface area contributed by atoms with Crippen molar-refractivity contribution < 1.29 is 4.79 Å². The molecule has 0 radical (unpaired) electrons. The van der Waals surface area contributed by atoms with Crippen LogP contribution in [0.1, 0.15) is 44.1 Å². The summed E-state index contributed by atoms with van der Waals surface area (Å²) in [6.45, 7) is 1.87. The summed E-state index contributed by atoms with van der Waals surface area (Å²) in [6, 6.07) is 10.2. The maximum absolute atomic E-state index is 12.5. The highest BCUT2D eigenvalue weighted by molar-refractivity contribution is 5.76. The summed E-state index contributed by atoms with van der Waals surface area (Å²) in [5.74, 6) is 0.860. The SMILES string of the molecule is NCCN(Cc1ccccc1)C(=O)CC1CCCCC1. The van der Waals surface area contributed by atoms with E-state index >= 15 is 0 Å². The number of benzene rings is 1. The van der Waals surface area contributed by atoms with E-state index in [-0.39, 0.29) is 5.91 Å². The molecule has 0 bridgehead atoms. The molecule has 1 amide bonds. The zero-order valence-electron chi connectivity index (χ0n) is 12.3. The Labute approximate surface area is 122 Å². The Morgan fingerprint density at radius 3 is 2.50 bits per heavy atom. The van der Waals surface area contributed by atoms with Gasteiger partial charge in [-0.25, -0.2) is 0 Å². The van der Waals surface area contributed by atoms with E-state index in [9.17, 15) is 4.79 Å². The molecule has 3 heteroatoms. The van der Waals surface area contributed by atoms with Crippen molar-refractivity contribution in [3.8, 4) is 0 Å². The lowest BCUT2D eigenvalue weighted by molar-refractivity contribution is -0.133. The molecule has 1 aromatic carbocycles. The second-order valence-electron chi connectivity index (χ2n) is 5.80. The molecule has 1 aliphatic carbocycles.